The van der Waals surface area contributed by atoms with Crippen LogP contribution in [0.25, 0.3) is 5.69 Å². The first kappa shape index (κ1) is 18.5. The van der Waals surface area contributed by atoms with E-state index in [-0.39, 0.29) is 5.91 Å². The smallest absolute Gasteiger partial charge is 0.271 e. The Kier molecular flexibility index (Phi) is 5.76. The number of amides is 1. The molecule has 0 aliphatic rings. The molecule has 27 heavy (non-hydrogen) atoms. The average molecular weight is 365 g/mol. The molecule has 1 aromatic heterocycles. The third kappa shape index (κ3) is 4.67. The summed E-state index contributed by atoms with van der Waals surface area (Å²) in [5, 5.41) is 7.26. The predicted molar refractivity (Wildman–Crippen MR) is 104 cm³/mol. The molecule has 0 unspecified atom stereocenters. The van der Waals surface area contributed by atoms with Crippen LogP contribution in [0.3, 0.4) is 0 Å². The molecule has 0 saturated heterocycles. The topological polar surface area (TPSA) is 65.4 Å². The number of carbonyl (C=O) groups is 1. The van der Waals surface area contributed by atoms with Crippen LogP contribution in [-0.2, 0) is 0 Å². The SMILES string of the molecule is COc1ccc(OCCNC(=O)c2cc(C)n(-c3cccc(C)c3)n2)cc1. The van der Waals surface area contributed by atoms with Crippen molar-refractivity contribution < 1.29 is 14.3 Å². The fourth-order valence-corrected chi connectivity index (χ4v) is 2.70. The molecule has 2 aromatic carbocycles. The monoisotopic (exact) mass is 365 g/mol. The Hall–Kier alpha value is -3.28. The number of aryl methyl sites for hydroxylation is 2. The number of hydrogen-bond acceptors (Lipinski definition) is 4. The van der Waals surface area contributed by atoms with Crippen LogP contribution in [0.15, 0.2) is 54.6 Å². The molecule has 0 spiro atoms. The van der Waals surface area contributed by atoms with E-state index in [9.17, 15) is 4.79 Å². The summed E-state index contributed by atoms with van der Waals surface area (Å²) < 4.78 is 12.5. The van der Waals surface area contributed by atoms with Gasteiger partial charge >= 0.3 is 0 Å². The Balaban J connectivity index is 1.54. The molecule has 6 nitrogen and oxygen atoms in total. The molecule has 6 heteroatoms. The van der Waals surface area contributed by atoms with E-state index in [4.69, 9.17) is 9.47 Å². The quantitative estimate of drug-likeness (QED) is 0.653. The minimum atomic E-state index is -0.220. The van der Waals surface area contributed by atoms with Gasteiger partial charge in [-0.15, -0.1) is 0 Å². The molecule has 0 saturated carbocycles. The first-order chi connectivity index (χ1) is 13.1. The van der Waals surface area contributed by atoms with Crippen molar-refractivity contribution in [3.8, 4) is 17.2 Å². The largest absolute Gasteiger partial charge is 0.497 e. The minimum Gasteiger partial charge on any atom is -0.497 e. The van der Waals surface area contributed by atoms with Crippen molar-refractivity contribution in [3.05, 3.63) is 71.5 Å². The molecule has 0 fully saturated rings. The number of methoxy groups -OCH3 is 1. The summed E-state index contributed by atoms with van der Waals surface area (Å²) in [5.41, 5.74) is 3.37. The van der Waals surface area contributed by atoms with Crippen LogP contribution in [0.5, 0.6) is 11.5 Å². The molecule has 1 heterocycles. The Bertz CT molecular complexity index is 917. The van der Waals surface area contributed by atoms with Crippen molar-refractivity contribution in [2.75, 3.05) is 20.3 Å². The van der Waals surface area contributed by atoms with E-state index >= 15 is 0 Å². The first-order valence-electron chi connectivity index (χ1n) is 8.75. The molecule has 0 aliphatic heterocycles. The van der Waals surface area contributed by atoms with Crippen LogP contribution < -0.4 is 14.8 Å². The second kappa shape index (κ2) is 8.40. The summed E-state index contributed by atoms with van der Waals surface area (Å²) in [4.78, 5) is 12.3. The number of rotatable bonds is 7. The van der Waals surface area contributed by atoms with E-state index in [1.807, 2.05) is 62.4 Å². The van der Waals surface area contributed by atoms with Crippen molar-refractivity contribution in [2.45, 2.75) is 13.8 Å². The van der Waals surface area contributed by atoms with Gasteiger partial charge in [-0.3, -0.25) is 4.79 Å². The third-order valence-electron chi connectivity index (χ3n) is 4.08. The van der Waals surface area contributed by atoms with Gasteiger partial charge in [0.15, 0.2) is 5.69 Å². The van der Waals surface area contributed by atoms with Gasteiger partial charge in [0.2, 0.25) is 0 Å². The van der Waals surface area contributed by atoms with Crippen LogP contribution in [0.4, 0.5) is 0 Å². The van der Waals surface area contributed by atoms with Crippen molar-refractivity contribution in [1.82, 2.24) is 15.1 Å². The van der Waals surface area contributed by atoms with Crippen LogP contribution in [-0.4, -0.2) is 35.9 Å². The molecular weight excluding hydrogens is 342 g/mol. The van der Waals surface area contributed by atoms with Gasteiger partial charge in [0.1, 0.15) is 18.1 Å². The molecule has 0 bridgehead atoms. The van der Waals surface area contributed by atoms with Crippen molar-refractivity contribution in [2.24, 2.45) is 0 Å². The van der Waals surface area contributed by atoms with Gasteiger partial charge in [0.25, 0.3) is 5.91 Å². The molecule has 0 radical (unpaired) electrons. The number of aromatic nitrogens is 2. The predicted octanol–water partition coefficient (Wildman–Crippen LogP) is 3.31. The molecule has 0 atom stereocenters. The summed E-state index contributed by atoms with van der Waals surface area (Å²) in [6, 6.07) is 17.1. The number of nitrogens with zero attached hydrogens (tertiary/aromatic N) is 2. The molecule has 140 valence electrons. The Morgan fingerprint density at radius 1 is 1.07 bits per heavy atom. The summed E-state index contributed by atoms with van der Waals surface area (Å²) in [6.45, 7) is 4.72. The molecule has 1 N–H and O–H groups in total. The van der Waals surface area contributed by atoms with Crippen LogP contribution >= 0.6 is 0 Å². The van der Waals surface area contributed by atoms with Gasteiger partial charge in [-0.1, -0.05) is 12.1 Å². The van der Waals surface area contributed by atoms with E-state index in [0.29, 0.717) is 18.8 Å². The zero-order chi connectivity index (χ0) is 19.2. The van der Waals surface area contributed by atoms with Gasteiger partial charge in [-0.25, -0.2) is 4.68 Å². The third-order valence-corrected chi connectivity index (χ3v) is 4.08. The Morgan fingerprint density at radius 2 is 1.81 bits per heavy atom. The number of ether oxygens (including phenoxy) is 2. The van der Waals surface area contributed by atoms with E-state index in [0.717, 1.165) is 28.4 Å². The molecule has 3 aromatic rings. The number of nitrogens with one attached hydrogen (secondary N) is 1. The van der Waals surface area contributed by atoms with E-state index in [2.05, 4.69) is 10.4 Å². The maximum absolute atomic E-state index is 12.3. The van der Waals surface area contributed by atoms with E-state index in [1.165, 1.54) is 0 Å². The second-order valence-electron chi connectivity index (χ2n) is 6.20. The van der Waals surface area contributed by atoms with Crippen molar-refractivity contribution in [3.63, 3.8) is 0 Å². The molecule has 3 rings (SSSR count). The summed E-state index contributed by atoms with van der Waals surface area (Å²) >= 11 is 0. The lowest BCUT2D eigenvalue weighted by Gasteiger charge is -2.08. The maximum atomic E-state index is 12.3. The van der Waals surface area contributed by atoms with Crippen LogP contribution in [0, 0.1) is 13.8 Å². The lowest BCUT2D eigenvalue weighted by atomic mass is 10.2. The van der Waals surface area contributed by atoms with Crippen molar-refractivity contribution >= 4 is 5.91 Å². The normalized spacial score (nSPS) is 10.5. The molecule has 1 amide bonds. The minimum absolute atomic E-state index is 0.220. The summed E-state index contributed by atoms with van der Waals surface area (Å²) in [7, 11) is 1.62. The number of benzene rings is 2. The first-order valence-corrected chi connectivity index (χ1v) is 8.75. The number of hydrogen-bond donors (Lipinski definition) is 1. The van der Waals surface area contributed by atoms with Gasteiger partial charge in [0.05, 0.1) is 19.3 Å². The highest BCUT2D eigenvalue weighted by Gasteiger charge is 2.13. The number of carbonyl (C=O) groups excluding carboxylic acids is 1. The fraction of sp³-hybridized carbons (Fsp3) is 0.238. The fourth-order valence-electron chi connectivity index (χ4n) is 2.70. The van der Waals surface area contributed by atoms with Gasteiger partial charge in [-0.2, -0.15) is 5.10 Å². The zero-order valence-electron chi connectivity index (χ0n) is 15.7. The highest BCUT2D eigenvalue weighted by atomic mass is 16.5. The molecular formula is C21H23N3O3. The average Bonchev–Trinajstić information content (AvgIpc) is 3.07. The van der Waals surface area contributed by atoms with Gasteiger partial charge < -0.3 is 14.8 Å². The zero-order valence-corrected chi connectivity index (χ0v) is 15.7. The van der Waals surface area contributed by atoms with E-state index in [1.54, 1.807) is 17.9 Å². The van der Waals surface area contributed by atoms with Gasteiger partial charge in [-0.05, 0) is 61.9 Å². The van der Waals surface area contributed by atoms with Crippen molar-refractivity contribution in [1.29, 1.82) is 0 Å². The lowest BCUT2D eigenvalue weighted by molar-refractivity contribution is 0.0941. The van der Waals surface area contributed by atoms with Crippen LogP contribution in [0.1, 0.15) is 21.7 Å². The molecule has 0 aliphatic carbocycles. The Morgan fingerprint density at radius 3 is 2.52 bits per heavy atom. The highest BCUT2D eigenvalue weighted by Crippen LogP contribution is 2.17. The highest BCUT2D eigenvalue weighted by molar-refractivity contribution is 5.92. The van der Waals surface area contributed by atoms with Crippen LogP contribution in [0.2, 0.25) is 0 Å². The standard InChI is InChI=1S/C21H23N3O3/c1-15-5-4-6-17(13-15)24-16(2)14-20(23-24)21(25)22-11-12-27-19-9-7-18(26-3)8-10-19/h4-10,13-14H,11-12H2,1-3H3,(H,22,25). The second-order valence-corrected chi connectivity index (χ2v) is 6.20. The van der Waals surface area contributed by atoms with E-state index < -0.39 is 0 Å². The maximum Gasteiger partial charge on any atom is 0.271 e. The lowest BCUT2D eigenvalue weighted by Crippen LogP contribution is -2.28. The Labute approximate surface area is 158 Å². The van der Waals surface area contributed by atoms with Gasteiger partial charge in [0, 0.05) is 5.69 Å². The summed E-state index contributed by atoms with van der Waals surface area (Å²) in [5.74, 6) is 1.28. The summed E-state index contributed by atoms with van der Waals surface area (Å²) in [6.07, 6.45) is 0.